The van der Waals surface area contributed by atoms with Crippen LogP contribution >= 0.6 is 0 Å². The molecule has 0 spiro atoms. The number of esters is 1. The summed E-state index contributed by atoms with van der Waals surface area (Å²) in [5, 5.41) is 2.98. The van der Waals surface area contributed by atoms with Crippen molar-refractivity contribution in [1.29, 1.82) is 0 Å². The van der Waals surface area contributed by atoms with E-state index in [1.165, 1.54) is 0 Å². The molecule has 0 aromatic rings. The van der Waals surface area contributed by atoms with Gasteiger partial charge in [-0.3, -0.25) is 4.79 Å². The summed E-state index contributed by atoms with van der Waals surface area (Å²) in [5.74, 6) is 0.0748. The second kappa shape index (κ2) is 6.48. The van der Waals surface area contributed by atoms with Crippen molar-refractivity contribution in [3.63, 3.8) is 0 Å². The highest BCUT2D eigenvalue weighted by atomic mass is 16.5. The molecule has 0 aliphatic heterocycles. The Hall–Kier alpha value is -1.09. The maximum atomic E-state index is 11.7. The van der Waals surface area contributed by atoms with Crippen molar-refractivity contribution < 1.29 is 9.53 Å². The molecule has 0 bridgehead atoms. The molecule has 0 saturated heterocycles. The summed E-state index contributed by atoms with van der Waals surface area (Å²) in [7, 11) is 1.78. The minimum Gasteiger partial charge on any atom is -0.460 e. The molecule has 1 aliphatic carbocycles. The Bertz CT molecular complexity index is 292. The summed E-state index contributed by atoms with van der Waals surface area (Å²) in [6.45, 7) is 4.39. The summed E-state index contributed by atoms with van der Waals surface area (Å²) in [6, 6.07) is -0.215. The van der Waals surface area contributed by atoms with Crippen LogP contribution < -0.4 is 5.32 Å². The van der Waals surface area contributed by atoms with Crippen LogP contribution in [0.1, 0.15) is 26.7 Å². The van der Waals surface area contributed by atoms with Gasteiger partial charge in [0.05, 0.1) is 0 Å². The number of nitrogens with one attached hydrogen (secondary N) is 1. The normalized spacial score (nSPS) is 17.1. The van der Waals surface area contributed by atoms with Gasteiger partial charge in [0.1, 0.15) is 12.6 Å². The first-order valence-corrected chi connectivity index (χ1v) is 5.84. The average molecular weight is 223 g/mol. The van der Waals surface area contributed by atoms with Crippen LogP contribution in [0.5, 0.6) is 0 Å². The Balaban J connectivity index is 2.39. The lowest BCUT2D eigenvalue weighted by atomic mass is 10.1. The second-order valence-electron chi connectivity index (χ2n) is 4.38. The first-order chi connectivity index (χ1) is 7.65. The molecule has 0 radical (unpaired) electrons. The van der Waals surface area contributed by atoms with Crippen molar-refractivity contribution >= 4 is 5.97 Å². The number of hydrogen-bond acceptors (Lipinski definition) is 3. The standard InChI is InChI=1S/C13H21NO2/c1-10(2)12(14-3)13(15)16-9-11-7-5-4-6-8-11/h5,7-8,10,12,14H,4,6,9H2,1-3H3. The van der Waals surface area contributed by atoms with E-state index < -0.39 is 0 Å². The van der Waals surface area contributed by atoms with Crippen LogP contribution in [-0.4, -0.2) is 25.7 Å². The number of carbonyl (C=O) groups excluding carboxylic acids is 1. The highest BCUT2D eigenvalue weighted by molar-refractivity contribution is 5.76. The van der Waals surface area contributed by atoms with Crippen molar-refractivity contribution in [3.8, 4) is 0 Å². The van der Waals surface area contributed by atoms with Crippen LogP contribution in [0.3, 0.4) is 0 Å². The van der Waals surface area contributed by atoms with Crippen LogP contribution in [0.4, 0.5) is 0 Å². The zero-order chi connectivity index (χ0) is 12.0. The largest absolute Gasteiger partial charge is 0.460 e. The molecule has 1 aliphatic rings. The topological polar surface area (TPSA) is 38.3 Å². The summed E-state index contributed by atoms with van der Waals surface area (Å²) in [6.07, 6.45) is 8.39. The first kappa shape index (κ1) is 13.0. The molecule has 1 unspecified atom stereocenters. The molecule has 16 heavy (non-hydrogen) atoms. The molecule has 3 heteroatoms. The van der Waals surface area contributed by atoms with E-state index in [0.717, 1.165) is 18.4 Å². The van der Waals surface area contributed by atoms with Crippen LogP contribution in [0.2, 0.25) is 0 Å². The molecule has 90 valence electrons. The van der Waals surface area contributed by atoms with Gasteiger partial charge in [-0.15, -0.1) is 0 Å². The average Bonchev–Trinajstić information content (AvgIpc) is 2.28. The lowest BCUT2D eigenvalue weighted by molar-refractivity contribution is -0.146. The summed E-state index contributed by atoms with van der Waals surface area (Å²) in [4.78, 5) is 11.7. The molecule has 1 rings (SSSR count). The number of hydrogen-bond donors (Lipinski definition) is 1. The fraction of sp³-hybridized carbons (Fsp3) is 0.615. The van der Waals surface area contributed by atoms with Gasteiger partial charge in [0.25, 0.3) is 0 Å². The number of allylic oxidation sites excluding steroid dienone is 2. The van der Waals surface area contributed by atoms with Crippen molar-refractivity contribution in [2.45, 2.75) is 32.7 Å². The van der Waals surface area contributed by atoms with Gasteiger partial charge in [-0.25, -0.2) is 0 Å². The lowest BCUT2D eigenvalue weighted by Crippen LogP contribution is -2.40. The molecule has 0 aromatic heterocycles. The van der Waals surface area contributed by atoms with Crippen LogP contribution in [0.15, 0.2) is 23.8 Å². The van der Waals surface area contributed by atoms with Crippen molar-refractivity contribution in [1.82, 2.24) is 5.32 Å². The van der Waals surface area contributed by atoms with Crippen LogP contribution in [-0.2, 0) is 9.53 Å². The van der Waals surface area contributed by atoms with Gasteiger partial charge in [0, 0.05) is 0 Å². The maximum absolute atomic E-state index is 11.7. The molecule has 0 heterocycles. The van der Waals surface area contributed by atoms with Gasteiger partial charge in [-0.2, -0.15) is 0 Å². The van der Waals surface area contributed by atoms with Gasteiger partial charge >= 0.3 is 5.97 Å². The van der Waals surface area contributed by atoms with Crippen LogP contribution in [0.25, 0.3) is 0 Å². The van der Waals surface area contributed by atoms with E-state index in [9.17, 15) is 4.79 Å². The second-order valence-corrected chi connectivity index (χ2v) is 4.38. The highest BCUT2D eigenvalue weighted by Gasteiger charge is 2.21. The molecule has 0 fully saturated rings. The maximum Gasteiger partial charge on any atom is 0.323 e. The Morgan fingerprint density at radius 1 is 1.50 bits per heavy atom. The van der Waals surface area contributed by atoms with Gasteiger partial charge in [-0.1, -0.05) is 32.1 Å². The quantitative estimate of drug-likeness (QED) is 0.725. The van der Waals surface area contributed by atoms with Gasteiger partial charge < -0.3 is 10.1 Å². The van der Waals surface area contributed by atoms with E-state index in [4.69, 9.17) is 4.74 Å². The number of carbonyl (C=O) groups is 1. The molecule has 3 nitrogen and oxygen atoms in total. The Kier molecular flexibility index (Phi) is 5.26. The third-order valence-corrected chi connectivity index (χ3v) is 2.68. The Labute approximate surface area is 97.6 Å². The first-order valence-electron chi connectivity index (χ1n) is 5.84. The van der Waals surface area contributed by atoms with Gasteiger partial charge in [-0.05, 0) is 31.4 Å². The monoisotopic (exact) mass is 223 g/mol. The fourth-order valence-electron chi connectivity index (χ4n) is 1.74. The molecule has 1 atom stereocenters. The number of likely N-dealkylation sites (N-methyl/N-ethyl adjacent to an activating group) is 1. The predicted molar refractivity (Wildman–Crippen MR) is 65.1 cm³/mol. The van der Waals surface area contributed by atoms with E-state index >= 15 is 0 Å². The molecule has 0 aromatic carbocycles. The summed E-state index contributed by atoms with van der Waals surface area (Å²) < 4.78 is 5.27. The van der Waals surface area contributed by atoms with Gasteiger partial charge in [0.2, 0.25) is 0 Å². The smallest absolute Gasteiger partial charge is 0.323 e. The Morgan fingerprint density at radius 3 is 2.75 bits per heavy atom. The van der Waals surface area contributed by atoms with Crippen molar-refractivity contribution in [2.75, 3.05) is 13.7 Å². The summed E-state index contributed by atoms with van der Waals surface area (Å²) in [5.41, 5.74) is 1.10. The van der Waals surface area contributed by atoms with Crippen molar-refractivity contribution in [2.24, 2.45) is 5.92 Å². The van der Waals surface area contributed by atoms with E-state index in [-0.39, 0.29) is 17.9 Å². The minimum atomic E-state index is -0.215. The number of rotatable bonds is 5. The Morgan fingerprint density at radius 2 is 2.25 bits per heavy atom. The highest BCUT2D eigenvalue weighted by Crippen LogP contribution is 2.11. The zero-order valence-corrected chi connectivity index (χ0v) is 10.3. The van der Waals surface area contributed by atoms with E-state index in [1.807, 2.05) is 19.9 Å². The fourth-order valence-corrected chi connectivity index (χ4v) is 1.74. The molecule has 0 amide bonds. The zero-order valence-electron chi connectivity index (χ0n) is 10.3. The van der Waals surface area contributed by atoms with Gasteiger partial charge in [0.15, 0.2) is 0 Å². The van der Waals surface area contributed by atoms with E-state index in [1.54, 1.807) is 7.05 Å². The third kappa shape index (κ3) is 3.81. The predicted octanol–water partition coefficient (Wildman–Crippen LogP) is 2.05. The number of ether oxygens (including phenoxy) is 1. The van der Waals surface area contributed by atoms with E-state index in [2.05, 4.69) is 17.5 Å². The van der Waals surface area contributed by atoms with E-state index in [0.29, 0.717) is 6.61 Å². The minimum absolute atomic E-state index is 0.169. The lowest BCUT2D eigenvalue weighted by Gasteiger charge is -2.19. The SMILES string of the molecule is CNC(C(=O)OCC1=CCCC=C1)C(C)C. The third-order valence-electron chi connectivity index (χ3n) is 2.68. The molecular formula is C13H21NO2. The molecular weight excluding hydrogens is 202 g/mol. The van der Waals surface area contributed by atoms with Crippen LogP contribution in [0, 0.1) is 5.92 Å². The molecule has 0 saturated carbocycles. The van der Waals surface area contributed by atoms with Crippen molar-refractivity contribution in [3.05, 3.63) is 23.8 Å². The molecule has 1 N–H and O–H groups in total. The summed E-state index contributed by atoms with van der Waals surface area (Å²) >= 11 is 0.